The molecule has 0 radical (unpaired) electrons. The molecule has 42 heavy (non-hydrogen) atoms. The molecule has 4 aliphatic rings. The van der Waals surface area contributed by atoms with E-state index in [1.807, 2.05) is 0 Å². The Morgan fingerprint density at radius 2 is 1.14 bits per heavy atom. The smallest absolute Gasteiger partial charge is 0.0897 e. The van der Waals surface area contributed by atoms with E-state index >= 15 is 0 Å². The van der Waals surface area contributed by atoms with Crippen LogP contribution in [0.3, 0.4) is 0 Å². The third kappa shape index (κ3) is 6.21. The number of allylic oxidation sites excluding steroid dienone is 1. The molecule has 0 spiro atoms. The minimum atomic E-state index is -0.0292. The Morgan fingerprint density at radius 3 is 1.64 bits per heavy atom. The molecule has 6 atom stereocenters. The Balaban J connectivity index is 0.000000168. The lowest BCUT2D eigenvalue weighted by atomic mass is 9.67. The molecule has 3 fully saturated rings. The number of fused-ring (bicyclic) bond motifs is 4. The molecule has 2 aliphatic heterocycles. The molecule has 2 unspecified atom stereocenters. The van der Waals surface area contributed by atoms with Gasteiger partial charge in [0, 0.05) is 51.4 Å². The van der Waals surface area contributed by atoms with E-state index in [0.717, 1.165) is 6.42 Å². The van der Waals surface area contributed by atoms with Gasteiger partial charge < -0.3 is 19.3 Å². The van der Waals surface area contributed by atoms with Gasteiger partial charge in [0.25, 0.3) is 0 Å². The maximum atomic E-state index is 6.54. The highest BCUT2D eigenvalue weighted by atomic mass is 16.5. The van der Waals surface area contributed by atoms with Crippen molar-refractivity contribution >= 4 is 11.4 Å². The highest BCUT2D eigenvalue weighted by Gasteiger charge is 2.47. The Morgan fingerprint density at radius 1 is 0.690 bits per heavy atom. The monoisotopic (exact) mass is 570 g/mol. The molecule has 1 saturated carbocycles. The summed E-state index contributed by atoms with van der Waals surface area (Å²) in [5.74, 6) is 2.36. The van der Waals surface area contributed by atoms with E-state index in [1.54, 1.807) is 0 Å². The summed E-state index contributed by atoms with van der Waals surface area (Å²) in [4.78, 5) is 4.27. The lowest BCUT2D eigenvalue weighted by Crippen LogP contribution is -2.46. The number of hydrogen-bond acceptors (Lipinski definition) is 4. The highest BCUT2D eigenvalue weighted by molar-refractivity contribution is 5.47. The van der Waals surface area contributed by atoms with Crippen molar-refractivity contribution in [3.63, 3.8) is 0 Å². The van der Waals surface area contributed by atoms with Crippen molar-refractivity contribution in [3.8, 4) is 0 Å². The molecular formula is C38H54N2O2. The van der Waals surface area contributed by atoms with E-state index in [0.29, 0.717) is 23.7 Å². The fourth-order valence-corrected chi connectivity index (χ4v) is 7.64. The zero-order valence-electron chi connectivity index (χ0n) is 27.6. The summed E-state index contributed by atoms with van der Waals surface area (Å²) in [6.07, 6.45) is 8.85. The van der Waals surface area contributed by atoms with Crippen LogP contribution in [0.15, 0.2) is 72.3 Å². The van der Waals surface area contributed by atoms with Crippen LogP contribution in [-0.4, -0.2) is 39.4 Å². The average Bonchev–Trinajstić information content (AvgIpc) is 2.95. The summed E-state index contributed by atoms with van der Waals surface area (Å²) < 4.78 is 13.1. The SMILES string of the molecule is C=C1CC[C@@H]2C[C@H]1C(c1ccc(N(C)C)cc1)OC2(C)C.CC1=CC[C@@H]2C[C@H]1C(c1ccc(N(C)C)cc1)OC2(C)C. The highest BCUT2D eigenvalue weighted by Crippen LogP contribution is 2.53. The van der Waals surface area contributed by atoms with Gasteiger partial charge in [0.2, 0.25) is 0 Å². The molecule has 2 aromatic rings. The van der Waals surface area contributed by atoms with Crippen LogP contribution < -0.4 is 9.80 Å². The van der Waals surface area contributed by atoms with Gasteiger partial charge in [-0.05, 0) is 114 Å². The Kier molecular flexibility index (Phi) is 8.71. The van der Waals surface area contributed by atoms with Crippen LogP contribution in [0.2, 0.25) is 0 Å². The van der Waals surface area contributed by atoms with Gasteiger partial charge in [-0.1, -0.05) is 48.1 Å². The number of benzene rings is 2. The van der Waals surface area contributed by atoms with E-state index < -0.39 is 0 Å². The molecule has 4 heteroatoms. The molecule has 2 aliphatic carbocycles. The second-order valence-electron chi connectivity index (χ2n) is 14.7. The van der Waals surface area contributed by atoms with Crippen molar-refractivity contribution in [1.82, 2.24) is 0 Å². The summed E-state index contributed by atoms with van der Waals surface area (Å²) >= 11 is 0. The number of nitrogens with zero attached hydrogens (tertiary/aromatic N) is 2. The van der Waals surface area contributed by atoms with Crippen LogP contribution in [0.4, 0.5) is 11.4 Å². The van der Waals surface area contributed by atoms with Gasteiger partial charge in [0.1, 0.15) is 0 Å². The largest absolute Gasteiger partial charge is 0.378 e. The minimum absolute atomic E-state index is 0.0257. The molecule has 228 valence electrons. The molecule has 2 aromatic carbocycles. The minimum Gasteiger partial charge on any atom is -0.378 e. The Labute approximate surface area is 255 Å². The Bertz CT molecular complexity index is 1270. The fraction of sp³-hybridized carbons (Fsp3) is 0.579. The summed E-state index contributed by atoms with van der Waals surface area (Å²) in [7, 11) is 8.30. The van der Waals surface area contributed by atoms with Crippen molar-refractivity contribution < 1.29 is 9.47 Å². The summed E-state index contributed by atoms with van der Waals surface area (Å²) in [5, 5.41) is 0. The fourth-order valence-electron chi connectivity index (χ4n) is 7.64. The number of rotatable bonds is 4. The molecule has 0 N–H and O–H groups in total. The standard InChI is InChI=1S/2C19H27NO/c2*1-13-6-9-15-12-17(13)18(21-19(15,2)3)14-7-10-16(11-8-14)20(4)5/h6-8,10-11,15,17-18H,9,12H2,1-5H3;7-8,10-11,15,17-18H,1,6,9,12H2,2-5H3/t2*15-,17-,18?/m11/s1. The maximum absolute atomic E-state index is 6.54. The van der Waals surface area contributed by atoms with Crippen molar-refractivity contribution in [2.75, 3.05) is 38.0 Å². The van der Waals surface area contributed by atoms with Crippen molar-refractivity contribution in [3.05, 3.63) is 83.5 Å². The first-order valence-electron chi connectivity index (χ1n) is 16.0. The summed E-state index contributed by atoms with van der Waals surface area (Å²) in [5.41, 5.74) is 7.90. The van der Waals surface area contributed by atoms with E-state index in [9.17, 15) is 0 Å². The molecule has 6 rings (SSSR count). The van der Waals surface area contributed by atoms with Gasteiger partial charge >= 0.3 is 0 Å². The zero-order chi connectivity index (χ0) is 30.4. The molecule has 4 nitrogen and oxygen atoms in total. The van der Waals surface area contributed by atoms with Gasteiger partial charge in [-0.25, -0.2) is 0 Å². The van der Waals surface area contributed by atoms with Gasteiger partial charge in [-0.3, -0.25) is 0 Å². The zero-order valence-corrected chi connectivity index (χ0v) is 27.6. The molecular weight excluding hydrogens is 516 g/mol. The number of ether oxygens (including phenoxy) is 2. The van der Waals surface area contributed by atoms with Gasteiger partial charge in [-0.15, -0.1) is 0 Å². The normalized spacial score (nSPS) is 30.9. The summed E-state index contributed by atoms with van der Waals surface area (Å²) in [6.45, 7) is 15.6. The van der Waals surface area contributed by atoms with Gasteiger partial charge in [0.05, 0.1) is 23.4 Å². The molecule has 4 bridgehead atoms. The first-order chi connectivity index (χ1) is 19.8. The average molecular weight is 571 g/mol. The van der Waals surface area contributed by atoms with E-state index in [-0.39, 0.29) is 23.4 Å². The maximum Gasteiger partial charge on any atom is 0.0897 e. The van der Waals surface area contributed by atoms with E-state index in [1.165, 1.54) is 59.3 Å². The second kappa shape index (κ2) is 11.8. The topological polar surface area (TPSA) is 24.9 Å². The van der Waals surface area contributed by atoms with Crippen LogP contribution in [0.1, 0.15) is 90.1 Å². The first kappa shape index (κ1) is 30.9. The van der Waals surface area contributed by atoms with Crippen molar-refractivity contribution in [2.24, 2.45) is 23.7 Å². The van der Waals surface area contributed by atoms with Crippen LogP contribution in [0.5, 0.6) is 0 Å². The number of hydrogen-bond donors (Lipinski definition) is 0. The predicted octanol–water partition coefficient (Wildman–Crippen LogP) is 9.15. The third-order valence-corrected chi connectivity index (χ3v) is 10.8. The molecule has 0 amide bonds. The lowest BCUT2D eigenvalue weighted by Gasteiger charge is -2.50. The third-order valence-electron chi connectivity index (χ3n) is 10.8. The molecule has 0 aromatic heterocycles. The number of anilines is 2. The Hall–Kier alpha value is -2.56. The van der Waals surface area contributed by atoms with Crippen LogP contribution >= 0.6 is 0 Å². The van der Waals surface area contributed by atoms with Crippen LogP contribution in [0.25, 0.3) is 0 Å². The second-order valence-corrected chi connectivity index (χ2v) is 14.7. The van der Waals surface area contributed by atoms with E-state index in [2.05, 4.69) is 134 Å². The van der Waals surface area contributed by atoms with Gasteiger partial charge in [-0.2, -0.15) is 0 Å². The van der Waals surface area contributed by atoms with Crippen molar-refractivity contribution in [1.29, 1.82) is 0 Å². The van der Waals surface area contributed by atoms with Gasteiger partial charge in [0.15, 0.2) is 0 Å². The van der Waals surface area contributed by atoms with Crippen LogP contribution in [-0.2, 0) is 9.47 Å². The van der Waals surface area contributed by atoms with Crippen LogP contribution in [0, 0.1) is 23.7 Å². The first-order valence-corrected chi connectivity index (χ1v) is 16.0. The predicted molar refractivity (Wildman–Crippen MR) is 177 cm³/mol. The quantitative estimate of drug-likeness (QED) is 0.342. The molecule has 2 heterocycles. The lowest BCUT2D eigenvalue weighted by molar-refractivity contribution is -0.173. The molecule has 2 saturated heterocycles. The summed E-state index contributed by atoms with van der Waals surface area (Å²) in [6, 6.07) is 17.7. The van der Waals surface area contributed by atoms with Crippen molar-refractivity contribution in [2.45, 2.75) is 90.1 Å². The van der Waals surface area contributed by atoms with E-state index in [4.69, 9.17) is 9.47 Å².